The van der Waals surface area contributed by atoms with Gasteiger partial charge in [0.25, 0.3) is 0 Å². The Labute approximate surface area is 287 Å². The Hall–Kier alpha value is -5.44. The van der Waals surface area contributed by atoms with Crippen molar-refractivity contribution in [3.8, 4) is 33.8 Å². The molecule has 1 aromatic heterocycles. The average Bonchev–Trinajstić information content (AvgIpc) is 3.63. The number of ether oxygens (including phenoxy) is 4. The first-order valence-corrected chi connectivity index (χ1v) is 16.6. The second kappa shape index (κ2) is 19.4. The number of nitrogens with zero attached hydrogens (tertiary/aromatic N) is 2. The summed E-state index contributed by atoms with van der Waals surface area (Å²) < 4.78 is 27.4. The predicted molar refractivity (Wildman–Crippen MR) is 191 cm³/mol. The van der Waals surface area contributed by atoms with Gasteiger partial charge in [0.1, 0.15) is 34.7 Å². The quantitative estimate of drug-likeness (QED) is 0.0462. The molecule has 0 aliphatic rings. The van der Waals surface area contributed by atoms with Gasteiger partial charge in [0.15, 0.2) is 0 Å². The summed E-state index contributed by atoms with van der Waals surface area (Å²) in [4.78, 5) is 23.7. The van der Waals surface area contributed by atoms with Gasteiger partial charge < -0.3 is 18.9 Å². The first-order valence-electron chi connectivity index (χ1n) is 16.6. The van der Waals surface area contributed by atoms with E-state index in [4.69, 9.17) is 23.6 Å². The van der Waals surface area contributed by atoms with Gasteiger partial charge in [0.2, 0.25) is 0 Å². The number of rotatable bonds is 22. The minimum absolute atomic E-state index is 0.252. The van der Waals surface area contributed by atoms with Crippen molar-refractivity contribution in [2.24, 2.45) is 0 Å². The van der Waals surface area contributed by atoms with Gasteiger partial charge in [-0.1, -0.05) is 62.7 Å². The van der Waals surface area contributed by atoms with Crippen LogP contribution >= 0.6 is 0 Å². The van der Waals surface area contributed by atoms with Gasteiger partial charge in [-0.3, -0.25) is 9.59 Å². The highest BCUT2D eigenvalue weighted by Crippen LogP contribution is 2.35. The van der Waals surface area contributed by atoms with E-state index in [1.807, 2.05) is 60.7 Å². The molecule has 0 radical (unpaired) electrons. The van der Waals surface area contributed by atoms with Gasteiger partial charge in [-0.25, -0.2) is 4.63 Å². The van der Waals surface area contributed by atoms with Gasteiger partial charge in [0.05, 0.1) is 13.2 Å². The van der Waals surface area contributed by atoms with Crippen LogP contribution < -0.4 is 9.47 Å². The van der Waals surface area contributed by atoms with Crippen LogP contribution in [0.5, 0.6) is 11.5 Å². The monoisotopic (exact) mass is 664 g/mol. The van der Waals surface area contributed by atoms with Crippen molar-refractivity contribution in [2.45, 2.75) is 63.6 Å². The molecule has 256 valence electrons. The molecule has 9 nitrogen and oxygen atoms in total. The maximum atomic E-state index is 11.9. The van der Waals surface area contributed by atoms with E-state index in [9.17, 15) is 9.59 Å². The molecule has 0 saturated carbocycles. The molecule has 4 rings (SSSR count). The van der Waals surface area contributed by atoms with Crippen molar-refractivity contribution < 1.29 is 33.2 Å². The Morgan fingerprint density at radius 3 is 1.33 bits per heavy atom. The van der Waals surface area contributed by atoms with Crippen LogP contribution in [0.25, 0.3) is 33.3 Å². The normalized spacial score (nSPS) is 10.9. The predicted octanol–water partition coefficient (Wildman–Crippen LogP) is 9.00. The first-order chi connectivity index (χ1) is 23.9. The fraction of sp³-hybridized carbons (Fsp3) is 0.300. The summed E-state index contributed by atoms with van der Waals surface area (Å²) in [6.07, 6.45) is 10.8. The number of benzene rings is 3. The summed E-state index contributed by atoms with van der Waals surface area (Å²) in [7, 11) is 0. The molecule has 1 heterocycles. The second-order valence-electron chi connectivity index (χ2n) is 11.3. The highest BCUT2D eigenvalue weighted by molar-refractivity contribution is 6.00. The zero-order chi connectivity index (χ0) is 34.8. The Balaban J connectivity index is 1.23. The van der Waals surface area contributed by atoms with Crippen molar-refractivity contribution in [3.05, 3.63) is 111 Å². The maximum absolute atomic E-state index is 11.9. The molecule has 4 aromatic rings. The van der Waals surface area contributed by atoms with Crippen molar-refractivity contribution in [1.29, 1.82) is 0 Å². The molecule has 0 saturated heterocycles. The molecule has 3 aromatic carbocycles. The van der Waals surface area contributed by atoms with Gasteiger partial charge in [0, 0.05) is 24.0 Å². The molecule has 0 amide bonds. The Kier molecular flexibility index (Phi) is 14.4. The lowest BCUT2D eigenvalue weighted by Crippen LogP contribution is -2.13. The molecular weight excluding hydrogens is 620 g/mol. The summed E-state index contributed by atoms with van der Waals surface area (Å²) in [6, 6.07) is 19.7. The third-order valence-corrected chi connectivity index (χ3v) is 7.80. The molecule has 0 N–H and O–H groups in total. The van der Waals surface area contributed by atoms with E-state index < -0.39 is 12.2 Å². The maximum Gasteiger partial charge on any atom is 0.306 e. The fourth-order valence-corrected chi connectivity index (χ4v) is 5.08. The Morgan fingerprint density at radius 2 is 0.959 bits per heavy atom. The molecule has 0 atom stereocenters. The first kappa shape index (κ1) is 36.4. The SMILES string of the molecule is C=CC(C=C)OC(=O)CCCCCOc1ccc(-c2ccc(-c3ccc(OCCCCCC(=O)OC(C=C)C=C)cc3)c3nonc23)cc1. The van der Waals surface area contributed by atoms with Crippen LogP contribution in [0.1, 0.15) is 51.4 Å². The van der Waals surface area contributed by atoms with E-state index in [0.717, 1.165) is 72.3 Å². The molecule has 0 unspecified atom stereocenters. The second-order valence-corrected chi connectivity index (χ2v) is 11.3. The van der Waals surface area contributed by atoms with Crippen LogP contribution in [0.15, 0.2) is 116 Å². The van der Waals surface area contributed by atoms with Gasteiger partial charge in [-0.15, -0.1) is 0 Å². The summed E-state index contributed by atoms with van der Waals surface area (Å²) in [5, 5.41) is 8.43. The minimum Gasteiger partial charge on any atom is -0.494 e. The number of esters is 2. The van der Waals surface area contributed by atoms with Gasteiger partial charge in [-0.05, 0) is 109 Å². The standard InChI is InChI=1S/C40H44N2O7/c1-5-31(6-2)47-37(43)15-11-9-13-27-45-33-21-17-29(18-22-33)35-25-26-36(40-39(35)41-49-42-40)30-19-23-34(24-20-30)46-28-14-10-12-16-38(44)48-32(7-3)8-4/h5-8,17-26,31-32H,1-4,9-16,27-28H2. The number of hydrogen-bond acceptors (Lipinski definition) is 9. The smallest absolute Gasteiger partial charge is 0.306 e. The van der Waals surface area contributed by atoms with Crippen LogP contribution in [-0.4, -0.2) is 47.7 Å². The Bertz CT molecular complexity index is 1550. The summed E-state index contributed by atoms with van der Waals surface area (Å²) in [5.74, 6) is 1.03. The molecule has 0 bridgehead atoms. The van der Waals surface area contributed by atoms with E-state index in [-0.39, 0.29) is 11.9 Å². The topological polar surface area (TPSA) is 110 Å². The lowest BCUT2D eigenvalue weighted by molar-refractivity contribution is -0.146. The van der Waals surface area contributed by atoms with Crippen molar-refractivity contribution >= 4 is 23.0 Å². The van der Waals surface area contributed by atoms with E-state index in [1.165, 1.54) is 0 Å². The minimum atomic E-state index is -0.443. The van der Waals surface area contributed by atoms with E-state index >= 15 is 0 Å². The largest absolute Gasteiger partial charge is 0.494 e. The van der Waals surface area contributed by atoms with E-state index in [2.05, 4.69) is 36.6 Å². The number of unbranched alkanes of at least 4 members (excludes halogenated alkanes) is 4. The fourth-order valence-electron chi connectivity index (χ4n) is 5.08. The number of fused-ring (bicyclic) bond motifs is 1. The number of carbonyl (C=O) groups excluding carboxylic acids is 2. The third kappa shape index (κ3) is 11.1. The Morgan fingerprint density at radius 1 is 0.571 bits per heavy atom. The molecule has 0 fully saturated rings. The van der Waals surface area contributed by atoms with Crippen LogP contribution in [0.4, 0.5) is 0 Å². The molecule has 9 heteroatoms. The highest BCUT2D eigenvalue weighted by Gasteiger charge is 2.15. The molecule has 49 heavy (non-hydrogen) atoms. The lowest BCUT2D eigenvalue weighted by atomic mass is 9.98. The third-order valence-electron chi connectivity index (χ3n) is 7.80. The highest BCUT2D eigenvalue weighted by atomic mass is 16.6. The molecule has 0 spiro atoms. The lowest BCUT2D eigenvalue weighted by Gasteiger charge is -2.10. The van der Waals surface area contributed by atoms with E-state index in [0.29, 0.717) is 37.1 Å². The zero-order valence-electron chi connectivity index (χ0n) is 27.9. The van der Waals surface area contributed by atoms with Crippen LogP contribution in [0.3, 0.4) is 0 Å². The number of carbonyl (C=O) groups is 2. The number of aromatic nitrogens is 2. The van der Waals surface area contributed by atoms with Crippen LogP contribution in [0.2, 0.25) is 0 Å². The summed E-state index contributed by atoms with van der Waals surface area (Å²) in [6.45, 7) is 15.6. The molecule has 0 aliphatic carbocycles. The van der Waals surface area contributed by atoms with Crippen LogP contribution in [0, 0.1) is 0 Å². The van der Waals surface area contributed by atoms with Gasteiger partial charge in [-0.2, -0.15) is 0 Å². The number of hydrogen-bond donors (Lipinski definition) is 0. The van der Waals surface area contributed by atoms with Crippen molar-refractivity contribution in [3.63, 3.8) is 0 Å². The molecular formula is C40H44N2O7. The van der Waals surface area contributed by atoms with E-state index in [1.54, 1.807) is 24.3 Å². The van der Waals surface area contributed by atoms with Crippen LogP contribution in [-0.2, 0) is 19.1 Å². The van der Waals surface area contributed by atoms with Crippen molar-refractivity contribution in [2.75, 3.05) is 13.2 Å². The van der Waals surface area contributed by atoms with Gasteiger partial charge >= 0.3 is 11.9 Å². The zero-order valence-corrected chi connectivity index (χ0v) is 27.9. The average molecular weight is 665 g/mol. The molecule has 0 aliphatic heterocycles. The summed E-state index contributed by atoms with van der Waals surface area (Å²) >= 11 is 0. The summed E-state index contributed by atoms with van der Waals surface area (Å²) in [5.41, 5.74) is 5.09. The van der Waals surface area contributed by atoms with Crippen molar-refractivity contribution in [1.82, 2.24) is 10.3 Å².